The molecule has 1 aromatic heterocycles. The second-order valence-corrected chi connectivity index (χ2v) is 2.54. The fourth-order valence-corrected chi connectivity index (χ4v) is 0.763. The molecular formula is C8H13N3O. The molecule has 4 nitrogen and oxygen atoms in total. The van der Waals surface area contributed by atoms with Crippen LogP contribution >= 0.6 is 0 Å². The molecule has 0 fully saturated rings. The van der Waals surface area contributed by atoms with Crippen molar-refractivity contribution in [2.75, 3.05) is 25.6 Å². The van der Waals surface area contributed by atoms with Gasteiger partial charge in [0.1, 0.15) is 5.82 Å². The van der Waals surface area contributed by atoms with Gasteiger partial charge in [-0.1, -0.05) is 0 Å². The summed E-state index contributed by atoms with van der Waals surface area (Å²) in [6.45, 7) is 2.54. The monoisotopic (exact) mass is 167 g/mol. The lowest BCUT2D eigenvalue weighted by Gasteiger charge is -2.10. The standard InChI is InChI=1S/C8H13N3O/c1-4-12-8-6-9-7(5-10-8)11(2)3/h5-6H,4H2,1-3H3. The van der Waals surface area contributed by atoms with Gasteiger partial charge in [-0.2, -0.15) is 0 Å². The molecule has 66 valence electrons. The number of anilines is 1. The van der Waals surface area contributed by atoms with E-state index in [0.717, 1.165) is 5.82 Å². The molecule has 0 radical (unpaired) electrons. The van der Waals surface area contributed by atoms with Gasteiger partial charge < -0.3 is 9.64 Å². The van der Waals surface area contributed by atoms with E-state index in [1.807, 2.05) is 25.9 Å². The Kier molecular flexibility index (Phi) is 2.85. The Hall–Kier alpha value is -1.32. The number of rotatable bonds is 3. The van der Waals surface area contributed by atoms with Crippen LogP contribution in [0.15, 0.2) is 12.4 Å². The Morgan fingerprint density at radius 1 is 1.33 bits per heavy atom. The lowest BCUT2D eigenvalue weighted by molar-refractivity contribution is 0.325. The van der Waals surface area contributed by atoms with E-state index in [1.165, 1.54) is 0 Å². The molecule has 0 N–H and O–H groups in total. The van der Waals surface area contributed by atoms with Crippen LogP contribution in [0, 0.1) is 0 Å². The van der Waals surface area contributed by atoms with Crippen molar-refractivity contribution >= 4 is 5.82 Å². The molecule has 0 spiro atoms. The predicted octanol–water partition coefficient (Wildman–Crippen LogP) is 0.941. The summed E-state index contributed by atoms with van der Waals surface area (Å²) in [5.41, 5.74) is 0. The van der Waals surface area contributed by atoms with Crippen LogP contribution in [0.5, 0.6) is 5.88 Å². The first kappa shape index (κ1) is 8.77. The highest BCUT2D eigenvalue weighted by Crippen LogP contribution is 2.08. The zero-order chi connectivity index (χ0) is 8.97. The van der Waals surface area contributed by atoms with Crippen molar-refractivity contribution in [3.63, 3.8) is 0 Å². The maximum atomic E-state index is 5.15. The second-order valence-electron chi connectivity index (χ2n) is 2.54. The van der Waals surface area contributed by atoms with Crippen molar-refractivity contribution < 1.29 is 4.74 Å². The molecule has 12 heavy (non-hydrogen) atoms. The van der Waals surface area contributed by atoms with Gasteiger partial charge in [0.25, 0.3) is 0 Å². The molecule has 0 aliphatic carbocycles. The molecule has 0 bridgehead atoms. The summed E-state index contributed by atoms with van der Waals surface area (Å²) >= 11 is 0. The molecule has 1 aromatic rings. The van der Waals surface area contributed by atoms with Crippen LogP contribution < -0.4 is 9.64 Å². The fraction of sp³-hybridized carbons (Fsp3) is 0.500. The van der Waals surface area contributed by atoms with Crippen LogP contribution in [0.4, 0.5) is 5.82 Å². The Morgan fingerprint density at radius 2 is 2.08 bits per heavy atom. The van der Waals surface area contributed by atoms with Crippen molar-refractivity contribution in [3.05, 3.63) is 12.4 Å². The molecule has 0 amide bonds. The maximum absolute atomic E-state index is 5.15. The van der Waals surface area contributed by atoms with Gasteiger partial charge in [0, 0.05) is 14.1 Å². The maximum Gasteiger partial charge on any atom is 0.232 e. The summed E-state index contributed by atoms with van der Waals surface area (Å²) < 4.78 is 5.15. The van der Waals surface area contributed by atoms with Crippen molar-refractivity contribution in [2.45, 2.75) is 6.92 Å². The molecule has 0 aliphatic heterocycles. The third kappa shape index (κ3) is 2.08. The Morgan fingerprint density at radius 3 is 2.50 bits per heavy atom. The molecule has 1 heterocycles. The Bertz CT molecular complexity index is 233. The van der Waals surface area contributed by atoms with E-state index in [2.05, 4.69) is 9.97 Å². The highest BCUT2D eigenvalue weighted by molar-refractivity contribution is 5.33. The van der Waals surface area contributed by atoms with Gasteiger partial charge in [-0.25, -0.2) is 9.97 Å². The number of aromatic nitrogens is 2. The topological polar surface area (TPSA) is 38.2 Å². The third-order valence-electron chi connectivity index (χ3n) is 1.36. The van der Waals surface area contributed by atoms with E-state index in [0.29, 0.717) is 12.5 Å². The van der Waals surface area contributed by atoms with Gasteiger partial charge in [-0.05, 0) is 6.92 Å². The fourth-order valence-electron chi connectivity index (χ4n) is 0.763. The van der Waals surface area contributed by atoms with Gasteiger partial charge in [0.05, 0.1) is 19.0 Å². The Labute approximate surface area is 72.2 Å². The first-order valence-electron chi connectivity index (χ1n) is 3.86. The quantitative estimate of drug-likeness (QED) is 0.671. The second kappa shape index (κ2) is 3.90. The van der Waals surface area contributed by atoms with E-state index in [4.69, 9.17) is 4.74 Å². The van der Waals surface area contributed by atoms with Gasteiger partial charge in [0.2, 0.25) is 5.88 Å². The minimum Gasteiger partial charge on any atom is -0.477 e. The van der Waals surface area contributed by atoms with E-state index < -0.39 is 0 Å². The lowest BCUT2D eigenvalue weighted by Crippen LogP contribution is -2.10. The molecule has 0 aliphatic rings. The summed E-state index contributed by atoms with van der Waals surface area (Å²) in [5.74, 6) is 1.40. The van der Waals surface area contributed by atoms with Crippen LogP contribution in [-0.2, 0) is 0 Å². The minimum atomic E-state index is 0.572. The largest absolute Gasteiger partial charge is 0.477 e. The molecule has 0 atom stereocenters. The van der Waals surface area contributed by atoms with Gasteiger partial charge in [-0.15, -0.1) is 0 Å². The average Bonchev–Trinajstić information content (AvgIpc) is 2.06. The first-order valence-corrected chi connectivity index (χ1v) is 3.86. The van der Waals surface area contributed by atoms with Crippen molar-refractivity contribution in [1.82, 2.24) is 9.97 Å². The van der Waals surface area contributed by atoms with Crippen LogP contribution in [0.2, 0.25) is 0 Å². The zero-order valence-corrected chi connectivity index (χ0v) is 7.61. The van der Waals surface area contributed by atoms with Crippen molar-refractivity contribution in [3.8, 4) is 5.88 Å². The molecule has 0 saturated carbocycles. The Balaban J connectivity index is 2.71. The average molecular weight is 167 g/mol. The molecule has 0 saturated heterocycles. The molecular weight excluding hydrogens is 154 g/mol. The van der Waals surface area contributed by atoms with Gasteiger partial charge in [-0.3, -0.25) is 0 Å². The SMILES string of the molecule is CCOc1cnc(N(C)C)cn1. The van der Waals surface area contributed by atoms with Crippen LogP contribution in [0.25, 0.3) is 0 Å². The first-order chi connectivity index (χ1) is 5.74. The summed E-state index contributed by atoms with van der Waals surface area (Å²) in [4.78, 5) is 10.1. The van der Waals surface area contributed by atoms with E-state index in [-0.39, 0.29) is 0 Å². The minimum absolute atomic E-state index is 0.572. The molecule has 1 rings (SSSR count). The molecule has 4 heteroatoms. The predicted molar refractivity (Wildman–Crippen MR) is 47.5 cm³/mol. The van der Waals surface area contributed by atoms with E-state index in [9.17, 15) is 0 Å². The summed E-state index contributed by atoms with van der Waals surface area (Å²) in [6, 6.07) is 0. The third-order valence-corrected chi connectivity index (χ3v) is 1.36. The molecule has 0 unspecified atom stereocenters. The summed E-state index contributed by atoms with van der Waals surface area (Å²) in [7, 11) is 3.84. The highest BCUT2D eigenvalue weighted by atomic mass is 16.5. The van der Waals surface area contributed by atoms with Crippen LogP contribution in [0.1, 0.15) is 6.92 Å². The van der Waals surface area contributed by atoms with E-state index in [1.54, 1.807) is 12.4 Å². The highest BCUT2D eigenvalue weighted by Gasteiger charge is 1.97. The zero-order valence-electron chi connectivity index (χ0n) is 7.61. The molecule has 0 aromatic carbocycles. The van der Waals surface area contributed by atoms with E-state index >= 15 is 0 Å². The van der Waals surface area contributed by atoms with Crippen molar-refractivity contribution in [1.29, 1.82) is 0 Å². The summed E-state index contributed by atoms with van der Waals surface area (Å²) in [5, 5.41) is 0. The number of ether oxygens (including phenoxy) is 1. The lowest BCUT2D eigenvalue weighted by atomic mass is 10.6. The summed E-state index contributed by atoms with van der Waals surface area (Å²) in [6.07, 6.45) is 3.31. The van der Waals surface area contributed by atoms with Crippen molar-refractivity contribution in [2.24, 2.45) is 0 Å². The van der Waals surface area contributed by atoms with Gasteiger partial charge in [0.15, 0.2) is 0 Å². The normalized spacial score (nSPS) is 9.58. The number of hydrogen-bond acceptors (Lipinski definition) is 4. The smallest absolute Gasteiger partial charge is 0.232 e. The van der Waals surface area contributed by atoms with Crippen LogP contribution in [0.3, 0.4) is 0 Å². The number of nitrogens with zero attached hydrogens (tertiary/aromatic N) is 3. The van der Waals surface area contributed by atoms with Crippen LogP contribution in [-0.4, -0.2) is 30.7 Å². The van der Waals surface area contributed by atoms with Gasteiger partial charge >= 0.3 is 0 Å². The number of hydrogen-bond donors (Lipinski definition) is 0.